The molecule has 0 saturated heterocycles. The highest BCUT2D eigenvalue weighted by Gasteiger charge is 2.11. The van der Waals surface area contributed by atoms with E-state index in [1.165, 1.54) is 0 Å². The van der Waals surface area contributed by atoms with Crippen LogP contribution in [0.15, 0.2) is 42.7 Å². The fourth-order valence-electron chi connectivity index (χ4n) is 1.69. The number of hydrogen-bond donors (Lipinski definition) is 1. The van der Waals surface area contributed by atoms with Gasteiger partial charge in [0.15, 0.2) is 0 Å². The van der Waals surface area contributed by atoms with Gasteiger partial charge in [-0.2, -0.15) is 10.2 Å². The molecule has 0 aliphatic rings. The summed E-state index contributed by atoms with van der Waals surface area (Å²) < 4.78 is 5.60. The van der Waals surface area contributed by atoms with Gasteiger partial charge in [-0.25, -0.2) is 0 Å². The molecule has 1 aromatic heterocycles. The van der Waals surface area contributed by atoms with Crippen LogP contribution in [0.3, 0.4) is 0 Å². The van der Waals surface area contributed by atoms with Crippen LogP contribution >= 0.6 is 0 Å². The molecule has 4 heteroatoms. The van der Waals surface area contributed by atoms with Crippen molar-refractivity contribution < 1.29 is 9.84 Å². The van der Waals surface area contributed by atoms with E-state index in [2.05, 4.69) is 10.2 Å². The zero-order valence-electron chi connectivity index (χ0n) is 10.4. The molecule has 1 aromatic carbocycles. The molecular formula is C14H16N2O2. The molecular weight excluding hydrogens is 228 g/mol. The first-order valence-corrected chi connectivity index (χ1v) is 5.88. The van der Waals surface area contributed by atoms with E-state index in [1.54, 1.807) is 18.5 Å². The highest BCUT2D eigenvalue weighted by molar-refractivity contribution is 5.34. The quantitative estimate of drug-likeness (QED) is 0.897. The molecule has 1 N–H and O–H groups in total. The van der Waals surface area contributed by atoms with Gasteiger partial charge < -0.3 is 9.84 Å². The third kappa shape index (κ3) is 3.05. The molecule has 1 heterocycles. The van der Waals surface area contributed by atoms with E-state index in [0.29, 0.717) is 5.56 Å². The van der Waals surface area contributed by atoms with Crippen molar-refractivity contribution in [3.05, 3.63) is 53.9 Å². The SMILES string of the molecule is CC(C)Oc1cccc(C(O)c2ccnnc2)c1. The Labute approximate surface area is 106 Å². The molecule has 0 spiro atoms. The van der Waals surface area contributed by atoms with Crippen molar-refractivity contribution in [1.29, 1.82) is 0 Å². The van der Waals surface area contributed by atoms with Crippen LogP contribution in [0.1, 0.15) is 31.1 Å². The zero-order chi connectivity index (χ0) is 13.0. The number of hydrogen-bond acceptors (Lipinski definition) is 4. The molecule has 94 valence electrons. The Hall–Kier alpha value is -1.94. The maximum absolute atomic E-state index is 10.2. The summed E-state index contributed by atoms with van der Waals surface area (Å²) in [6, 6.07) is 9.18. The van der Waals surface area contributed by atoms with E-state index in [0.717, 1.165) is 11.3 Å². The molecule has 0 fully saturated rings. The summed E-state index contributed by atoms with van der Waals surface area (Å²) in [5, 5.41) is 17.7. The lowest BCUT2D eigenvalue weighted by Crippen LogP contribution is -2.06. The van der Waals surface area contributed by atoms with Crippen molar-refractivity contribution >= 4 is 0 Å². The molecule has 0 bridgehead atoms. The number of nitrogens with zero attached hydrogens (tertiary/aromatic N) is 2. The van der Waals surface area contributed by atoms with Crippen LogP contribution in [-0.4, -0.2) is 21.4 Å². The zero-order valence-corrected chi connectivity index (χ0v) is 10.4. The lowest BCUT2D eigenvalue weighted by atomic mass is 10.0. The molecule has 18 heavy (non-hydrogen) atoms. The van der Waals surface area contributed by atoms with Crippen molar-refractivity contribution in [2.45, 2.75) is 26.1 Å². The topological polar surface area (TPSA) is 55.2 Å². The third-order valence-corrected chi connectivity index (χ3v) is 2.47. The van der Waals surface area contributed by atoms with E-state index in [-0.39, 0.29) is 6.10 Å². The minimum absolute atomic E-state index is 0.111. The van der Waals surface area contributed by atoms with Gasteiger partial charge in [-0.05, 0) is 37.6 Å². The van der Waals surface area contributed by atoms with Gasteiger partial charge in [-0.3, -0.25) is 0 Å². The Bertz CT molecular complexity index is 500. The minimum atomic E-state index is -0.712. The molecule has 0 aliphatic carbocycles. The smallest absolute Gasteiger partial charge is 0.120 e. The molecule has 2 rings (SSSR count). The second-order valence-electron chi connectivity index (χ2n) is 4.32. The molecule has 4 nitrogen and oxygen atoms in total. The van der Waals surface area contributed by atoms with Gasteiger partial charge in [0.1, 0.15) is 11.9 Å². The van der Waals surface area contributed by atoms with Gasteiger partial charge in [-0.15, -0.1) is 0 Å². The van der Waals surface area contributed by atoms with Crippen LogP contribution in [0.5, 0.6) is 5.75 Å². The van der Waals surface area contributed by atoms with Crippen molar-refractivity contribution in [3.8, 4) is 5.75 Å². The van der Waals surface area contributed by atoms with E-state index in [1.807, 2.05) is 38.1 Å². The van der Waals surface area contributed by atoms with Crippen LogP contribution in [-0.2, 0) is 0 Å². The van der Waals surface area contributed by atoms with E-state index < -0.39 is 6.10 Å². The van der Waals surface area contributed by atoms with Crippen LogP contribution in [0.25, 0.3) is 0 Å². The number of rotatable bonds is 4. The first kappa shape index (κ1) is 12.5. The van der Waals surface area contributed by atoms with Crippen LogP contribution in [0.2, 0.25) is 0 Å². The highest BCUT2D eigenvalue weighted by Crippen LogP contribution is 2.24. The van der Waals surface area contributed by atoms with Crippen LogP contribution in [0.4, 0.5) is 0 Å². The largest absolute Gasteiger partial charge is 0.491 e. The van der Waals surface area contributed by atoms with Crippen LogP contribution in [0, 0.1) is 0 Å². The fourth-order valence-corrected chi connectivity index (χ4v) is 1.69. The summed E-state index contributed by atoms with van der Waals surface area (Å²) in [5.74, 6) is 0.753. The Kier molecular flexibility index (Phi) is 3.89. The van der Waals surface area contributed by atoms with Gasteiger partial charge in [0.2, 0.25) is 0 Å². The number of aliphatic hydroxyl groups excluding tert-OH is 1. The van der Waals surface area contributed by atoms with E-state index in [4.69, 9.17) is 4.74 Å². The van der Waals surface area contributed by atoms with Gasteiger partial charge >= 0.3 is 0 Å². The molecule has 0 saturated carbocycles. The lowest BCUT2D eigenvalue weighted by molar-refractivity contribution is 0.216. The molecule has 0 radical (unpaired) electrons. The molecule has 0 aliphatic heterocycles. The summed E-state index contributed by atoms with van der Waals surface area (Å²) in [6.07, 6.45) is 2.52. The second-order valence-corrected chi connectivity index (χ2v) is 4.32. The first-order chi connectivity index (χ1) is 8.66. The summed E-state index contributed by atoms with van der Waals surface area (Å²) in [4.78, 5) is 0. The van der Waals surface area contributed by atoms with Crippen molar-refractivity contribution in [2.24, 2.45) is 0 Å². The Morgan fingerprint density at radius 1 is 1.11 bits per heavy atom. The molecule has 1 unspecified atom stereocenters. The summed E-state index contributed by atoms with van der Waals surface area (Å²) in [6.45, 7) is 3.94. The maximum atomic E-state index is 10.2. The van der Waals surface area contributed by atoms with E-state index >= 15 is 0 Å². The van der Waals surface area contributed by atoms with Crippen LogP contribution < -0.4 is 4.74 Å². The number of aliphatic hydroxyl groups is 1. The maximum Gasteiger partial charge on any atom is 0.120 e. The number of aromatic nitrogens is 2. The Morgan fingerprint density at radius 2 is 1.94 bits per heavy atom. The third-order valence-electron chi connectivity index (χ3n) is 2.47. The molecule has 2 aromatic rings. The minimum Gasteiger partial charge on any atom is -0.491 e. The fraction of sp³-hybridized carbons (Fsp3) is 0.286. The van der Waals surface area contributed by atoms with Crippen molar-refractivity contribution in [1.82, 2.24) is 10.2 Å². The summed E-state index contributed by atoms with van der Waals surface area (Å²) >= 11 is 0. The predicted octanol–water partition coefficient (Wildman–Crippen LogP) is 2.35. The summed E-state index contributed by atoms with van der Waals surface area (Å²) in [5.41, 5.74) is 1.49. The van der Waals surface area contributed by atoms with Crippen molar-refractivity contribution in [2.75, 3.05) is 0 Å². The first-order valence-electron chi connectivity index (χ1n) is 5.88. The average Bonchev–Trinajstić information content (AvgIpc) is 2.38. The average molecular weight is 244 g/mol. The van der Waals surface area contributed by atoms with E-state index in [9.17, 15) is 5.11 Å². The Balaban J connectivity index is 2.23. The highest BCUT2D eigenvalue weighted by atomic mass is 16.5. The molecule has 1 atom stereocenters. The Morgan fingerprint density at radius 3 is 2.61 bits per heavy atom. The monoisotopic (exact) mass is 244 g/mol. The standard InChI is InChI=1S/C14H16N2O2/c1-10(2)18-13-5-3-4-11(8-13)14(17)12-6-7-15-16-9-12/h3-10,14,17H,1-2H3. The predicted molar refractivity (Wildman–Crippen MR) is 68.3 cm³/mol. The van der Waals surface area contributed by atoms with Gasteiger partial charge in [-0.1, -0.05) is 12.1 Å². The normalized spacial score (nSPS) is 12.4. The number of ether oxygens (including phenoxy) is 1. The molecule has 0 amide bonds. The van der Waals surface area contributed by atoms with Crippen molar-refractivity contribution in [3.63, 3.8) is 0 Å². The number of benzene rings is 1. The van der Waals surface area contributed by atoms with Gasteiger partial charge in [0, 0.05) is 11.8 Å². The van der Waals surface area contributed by atoms with Gasteiger partial charge in [0.05, 0.1) is 12.3 Å². The lowest BCUT2D eigenvalue weighted by Gasteiger charge is -2.14. The summed E-state index contributed by atoms with van der Waals surface area (Å²) in [7, 11) is 0. The second kappa shape index (κ2) is 5.60. The van der Waals surface area contributed by atoms with Gasteiger partial charge in [0.25, 0.3) is 0 Å².